The highest BCUT2D eigenvalue weighted by atomic mass is 16.5. The zero-order valence-electron chi connectivity index (χ0n) is 15.0. The van der Waals surface area contributed by atoms with Crippen molar-refractivity contribution >= 4 is 17.3 Å². The molecule has 1 saturated heterocycles. The van der Waals surface area contributed by atoms with Gasteiger partial charge in [-0.2, -0.15) is 0 Å². The number of amides is 1. The third-order valence-corrected chi connectivity index (χ3v) is 4.57. The number of anilines is 2. The normalized spacial score (nSPS) is 15.0. The zero-order valence-corrected chi connectivity index (χ0v) is 15.0. The Hall–Kier alpha value is -2.49. The van der Waals surface area contributed by atoms with E-state index in [9.17, 15) is 4.79 Å². The van der Waals surface area contributed by atoms with Crippen LogP contribution in [0.4, 0.5) is 11.4 Å². The number of rotatable bonds is 6. The lowest BCUT2D eigenvalue weighted by molar-refractivity contribution is -0.122. The summed E-state index contributed by atoms with van der Waals surface area (Å²) in [4.78, 5) is 14.9. The van der Waals surface area contributed by atoms with Crippen molar-refractivity contribution in [3.63, 3.8) is 0 Å². The molecule has 132 valence electrons. The maximum atomic E-state index is 12.5. The Morgan fingerprint density at radius 1 is 1.08 bits per heavy atom. The van der Waals surface area contributed by atoms with Crippen molar-refractivity contribution in [3.8, 4) is 5.75 Å². The molecule has 0 radical (unpaired) electrons. The van der Waals surface area contributed by atoms with Gasteiger partial charge in [0.05, 0.1) is 0 Å². The van der Waals surface area contributed by atoms with Crippen molar-refractivity contribution < 1.29 is 9.53 Å². The Morgan fingerprint density at radius 2 is 1.72 bits per heavy atom. The molecule has 0 aliphatic carbocycles. The number of nitrogens with zero attached hydrogens (tertiary/aromatic N) is 1. The van der Waals surface area contributed by atoms with Gasteiger partial charge in [0.2, 0.25) is 0 Å². The molecular weight excluding hydrogens is 312 g/mol. The van der Waals surface area contributed by atoms with Crippen LogP contribution in [0.15, 0.2) is 48.5 Å². The van der Waals surface area contributed by atoms with Crippen LogP contribution in [0.5, 0.6) is 5.75 Å². The Labute approximate surface area is 149 Å². The number of carbonyl (C=O) groups excluding carboxylic acids is 1. The van der Waals surface area contributed by atoms with E-state index in [1.54, 1.807) is 0 Å². The van der Waals surface area contributed by atoms with E-state index < -0.39 is 6.10 Å². The zero-order chi connectivity index (χ0) is 17.6. The molecule has 4 heteroatoms. The van der Waals surface area contributed by atoms with Gasteiger partial charge in [0, 0.05) is 24.5 Å². The van der Waals surface area contributed by atoms with Crippen LogP contribution >= 0.6 is 0 Å². The second-order valence-electron chi connectivity index (χ2n) is 6.56. The molecular formula is C21H26N2O2. The van der Waals surface area contributed by atoms with Crippen LogP contribution in [0.25, 0.3) is 0 Å². The highest BCUT2D eigenvalue weighted by Crippen LogP contribution is 2.22. The Balaban J connectivity index is 1.60. The van der Waals surface area contributed by atoms with Crippen molar-refractivity contribution in [3.05, 3.63) is 54.1 Å². The van der Waals surface area contributed by atoms with Crippen molar-refractivity contribution in [1.82, 2.24) is 0 Å². The minimum absolute atomic E-state index is 0.114. The standard InChI is InChI=1S/C21H26N2O2/c1-3-20(25-19-12-6-16(2)7-13-19)21(24)22-17-8-10-18(11-9-17)23-14-4-5-15-23/h6-13,20H,3-5,14-15H2,1-2H3,(H,22,24)/t20-/m0/s1. The van der Waals surface area contributed by atoms with Crippen LogP contribution in [0.1, 0.15) is 31.7 Å². The largest absolute Gasteiger partial charge is 0.481 e. The van der Waals surface area contributed by atoms with Crippen molar-refractivity contribution in [2.75, 3.05) is 23.3 Å². The van der Waals surface area contributed by atoms with E-state index in [-0.39, 0.29) is 5.91 Å². The summed E-state index contributed by atoms with van der Waals surface area (Å²) in [6, 6.07) is 15.8. The fourth-order valence-corrected chi connectivity index (χ4v) is 3.06. The second kappa shape index (κ2) is 8.06. The second-order valence-corrected chi connectivity index (χ2v) is 6.56. The van der Waals surface area contributed by atoms with E-state index in [2.05, 4.69) is 22.3 Å². The van der Waals surface area contributed by atoms with Crippen molar-refractivity contribution in [2.45, 2.75) is 39.2 Å². The van der Waals surface area contributed by atoms with Crippen LogP contribution in [0, 0.1) is 6.92 Å². The van der Waals surface area contributed by atoms with Gasteiger partial charge in [-0.15, -0.1) is 0 Å². The minimum atomic E-state index is -0.499. The highest BCUT2D eigenvalue weighted by molar-refractivity contribution is 5.94. The van der Waals surface area contributed by atoms with Gasteiger partial charge in [0.1, 0.15) is 5.75 Å². The summed E-state index contributed by atoms with van der Waals surface area (Å²) in [5.41, 5.74) is 3.19. The lowest BCUT2D eigenvalue weighted by atomic mass is 10.2. The van der Waals surface area contributed by atoms with Gasteiger partial charge in [-0.05, 0) is 62.6 Å². The maximum absolute atomic E-state index is 12.5. The van der Waals surface area contributed by atoms with E-state index in [0.29, 0.717) is 6.42 Å². The first-order valence-electron chi connectivity index (χ1n) is 9.05. The molecule has 0 saturated carbocycles. The Kier molecular flexibility index (Phi) is 5.59. The molecule has 0 spiro atoms. The minimum Gasteiger partial charge on any atom is -0.481 e. The molecule has 3 rings (SSSR count). The third-order valence-electron chi connectivity index (χ3n) is 4.57. The molecule has 1 N–H and O–H groups in total. The molecule has 1 aliphatic heterocycles. The third kappa shape index (κ3) is 4.53. The van der Waals surface area contributed by atoms with E-state index in [1.165, 1.54) is 24.1 Å². The predicted octanol–water partition coefficient (Wildman–Crippen LogP) is 4.39. The van der Waals surface area contributed by atoms with Crippen LogP contribution in [-0.2, 0) is 4.79 Å². The topological polar surface area (TPSA) is 41.6 Å². The summed E-state index contributed by atoms with van der Waals surface area (Å²) in [7, 11) is 0. The SMILES string of the molecule is CC[C@H](Oc1ccc(C)cc1)C(=O)Nc1ccc(N2CCCC2)cc1. The molecule has 0 bridgehead atoms. The molecule has 2 aromatic rings. The van der Waals surface area contributed by atoms with Gasteiger partial charge in [0.25, 0.3) is 5.91 Å². The molecule has 1 fully saturated rings. The van der Waals surface area contributed by atoms with Crippen molar-refractivity contribution in [1.29, 1.82) is 0 Å². The first kappa shape index (κ1) is 17.3. The fraction of sp³-hybridized carbons (Fsp3) is 0.381. The van der Waals surface area contributed by atoms with Gasteiger partial charge < -0.3 is 15.0 Å². The van der Waals surface area contributed by atoms with E-state index in [4.69, 9.17) is 4.74 Å². The highest BCUT2D eigenvalue weighted by Gasteiger charge is 2.19. The van der Waals surface area contributed by atoms with Gasteiger partial charge in [-0.1, -0.05) is 24.6 Å². The molecule has 1 aliphatic rings. The van der Waals surface area contributed by atoms with Crippen molar-refractivity contribution in [2.24, 2.45) is 0 Å². The quantitative estimate of drug-likeness (QED) is 0.849. The van der Waals surface area contributed by atoms with Gasteiger partial charge >= 0.3 is 0 Å². The molecule has 0 aromatic heterocycles. The van der Waals surface area contributed by atoms with E-state index >= 15 is 0 Å². The fourth-order valence-electron chi connectivity index (χ4n) is 3.06. The molecule has 2 aromatic carbocycles. The van der Waals surface area contributed by atoms with Crippen LogP contribution < -0.4 is 15.0 Å². The summed E-state index contributed by atoms with van der Waals surface area (Å²) in [6.07, 6.45) is 2.63. The molecule has 25 heavy (non-hydrogen) atoms. The number of hydrogen-bond acceptors (Lipinski definition) is 3. The van der Waals surface area contributed by atoms with E-state index in [0.717, 1.165) is 24.5 Å². The average Bonchev–Trinajstić information content (AvgIpc) is 3.16. The smallest absolute Gasteiger partial charge is 0.265 e. The van der Waals surface area contributed by atoms with Crippen LogP contribution in [-0.4, -0.2) is 25.1 Å². The molecule has 1 atom stereocenters. The van der Waals surface area contributed by atoms with Crippen LogP contribution in [0.3, 0.4) is 0 Å². The summed E-state index contributed by atoms with van der Waals surface area (Å²) in [5, 5.41) is 2.96. The molecule has 4 nitrogen and oxygen atoms in total. The number of hydrogen-bond donors (Lipinski definition) is 1. The van der Waals surface area contributed by atoms with Gasteiger partial charge in [-0.3, -0.25) is 4.79 Å². The molecule has 0 unspecified atom stereocenters. The van der Waals surface area contributed by atoms with Gasteiger partial charge in [-0.25, -0.2) is 0 Å². The number of benzene rings is 2. The Morgan fingerprint density at radius 3 is 2.32 bits per heavy atom. The lowest BCUT2D eigenvalue weighted by Gasteiger charge is -2.19. The maximum Gasteiger partial charge on any atom is 0.265 e. The summed E-state index contributed by atoms with van der Waals surface area (Å²) < 4.78 is 5.84. The van der Waals surface area contributed by atoms with E-state index in [1.807, 2.05) is 50.2 Å². The lowest BCUT2D eigenvalue weighted by Crippen LogP contribution is -2.32. The first-order valence-corrected chi connectivity index (χ1v) is 9.05. The number of carbonyl (C=O) groups is 1. The molecule has 1 heterocycles. The number of ether oxygens (including phenoxy) is 1. The molecule has 1 amide bonds. The monoisotopic (exact) mass is 338 g/mol. The summed E-state index contributed by atoms with van der Waals surface area (Å²) in [6.45, 7) is 6.22. The first-order chi connectivity index (χ1) is 12.2. The van der Waals surface area contributed by atoms with Crippen LogP contribution in [0.2, 0.25) is 0 Å². The number of nitrogens with one attached hydrogen (secondary N) is 1. The average molecular weight is 338 g/mol. The number of aryl methyl sites for hydroxylation is 1. The predicted molar refractivity (Wildman–Crippen MR) is 102 cm³/mol. The summed E-state index contributed by atoms with van der Waals surface area (Å²) in [5.74, 6) is 0.606. The summed E-state index contributed by atoms with van der Waals surface area (Å²) >= 11 is 0. The Bertz CT molecular complexity index is 689. The van der Waals surface area contributed by atoms with Gasteiger partial charge in [0.15, 0.2) is 6.10 Å².